The number of benzene rings is 1. The fourth-order valence-corrected chi connectivity index (χ4v) is 3.68. The molecule has 4 aromatic rings. The van der Waals surface area contributed by atoms with Crippen LogP contribution >= 0.6 is 0 Å². The van der Waals surface area contributed by atoms with E-state index in [2.05, 4.69) is 25.7 Å². The average Bonchev–Trinajstić information content (AvgIpc) is 3.19. The molecule has 8 heteroatoms. The van der Waals surface area contributed by atoms with E-state index in [0.717, 1.165) is 34.2 Å². The monoisotopic (exact) mass is 358 g/mol. The van der Waals surface area contributed by atoms with Gasteiger partial charge in [0.25, 0.3) is 0 Å². The summed E-state index contributed by atoms with van der Waals surface area (Å²) in [7, 11) is 0.323. The Morgan fingerprint density at radius 1 is 1.24 bits per heavy atom. The minimum absolute atomic E-state index is 0.0183. The molecule has 0 aliphatic rings. The molecule has 25 heavy (non-hydrogen) atoms. The molecule has 0 aliphatic carbocycles. The molecular formula is C17H18N4O3S. The number of ether oxygens (including phenoxy) is 1. The van der Waals surface area contributed by atoms with Crippen LogP contribution in [0.2, 0.25) is 0 Å². The van der Waals surface area contributed by atoms with Crippen molar-refractivity contribution in [3.05, 3.63) is 41.7 Å². The molecule has 0 saturated carbocycles. The molecule has 3 heterocycles. The highest BCUT2D eigenvalue weighted by molar-refractivity contribution is 7.90. The van der Waals surface area contributed by atoms with Gasteiger partial charge in [-0.1, -0.05) is 0 Å². The molecule has 0 aliphatic heterocycles. The van der Waals surface area contributed by atoms with E-state index in [1.807, 2.05) is 31.3 Å². The first kappa shape index (κ1) is 15.8. The van der Waals surface area contributed by atoms with Crippen LogP contribution in [0, 0.1) is 0 Å². The molecule has 0 atom stereocenters. The Morgan fingerprint density at radius 2 is 2.04 bits per heavy atom. The van der Waals surface area contributed by atoms with Crippen LogP contribution in [0.1, 0.15) is 11.3 Å². The van der Waals surface area contributed by atoms with Gasteiger partial charge in [0.1, 0.15) is 5.75 Å². The second-order valence-electron chi connectivity index (χ2n) is 6.20. The standard InChI is InChI=1S/C17H18N4O3S/c1-21-9-10(13-8-12(24-2)4-5-15(13)21)6-11-7-14-16(18-11)20-17(19-14)25(3,22)23/h4-5,7-9,18H,6H2,1-3H3,(H,19,20). The Hall–Kier alpha value is -2.74. The maximum absolute atomic E-state index is 11.6. The number of imidazole rings is 1. The van der Waals surface area contributed by atoms with Gasteiger partial charge in [0.2, 0.25) is 15.0 Å². The van der Waals surface area contributed by atoms with Crippen molar-refractivity contribution in [2.75, 3.05) is 13.4 Å². The zero-order valence-electron chi connectivity index (χ0n) is 14.1. The van der Waals surface area contributed by atoms with Gasteiger partial charge in [0.05, 0.1) is 12.6 Å². The molecule has 0 spiro atoms. The van der Waals surface area contributed by atoms with Crippen molar-refractivity contribution in [1.29, 1.82) is 0 Å². The summed E-state index contributed by atoms with van der Waals surface area (Å²) >= 11 is 0. The van der Waals surface area contributed by atoms with E-state index in [1.165, 1.54) is 0 Å². The number of hydrogen-bond acceptors (Lipinski definition) is 4. The maximum Gasteiger partial charge on any atom is 0.227 e. The first-order valence-electron chi connectivity index (χ1n) is 7.75. The highest BCUT2D eigenvalue weighted by atomic mass is 32.2. The normalized spacial score (nSPS) is 12.3. The SMILES string of the molecule is COc1ccc2c(c1)c(Cc1cc3[nH]c(S(C)(=O)=O)nc3[nH]1)cn2C. The van der Waals surface area contributed by atoms with E-state index in [0.29, 0.717) is 17.6 Å². The van der Waals surface area contributed by atoms with Gasteiger partial charge in [0.15, 0.2) is 5.65 Å². The number of hydrogen-bond donors (Lipinski definition) is 2. The molecule has 0 saturated heterocycles. The van der Waals surface area contributed by atoms with Gasteiger partial charge in [-0.05, 0) is 29.8 Å². The molecule has 0 fully saturated rings. The lowest BCUT2D eigenvalue weighted by Gasteiger charge is -2.02. The third-order valence-corrected chi connectivity index (χ3v) is 5.21. The molecule has 0 radical (unpaired) electrons. The fraction of sp³-hybridized carbons (Fsp3) is 0.235. The van der Waals surface area contributed by atoms with Crippen molar-refractivity contribution in [2.24, 2.45) is 7.05 Å². The van der Waals surface area contributed by atoms with Crippen molar-refractivity contribution in [3.63, 3.8) is 0 Å². The summed E-state index contributed by atoms with van der Waals surface area (Å²) in [6.45, 7) is 0. The Morgan fingerprint density at radius 3 is 2.72 bits per heavy atom. The number of methoxy groups -OCH3 is 1. The van der Waals surface area contributed by atoms with Gasteiger partial charge in [-0.2, -0.15) is 0 Å². The molecule has 130 valence electrons. The number of fused-ring (bicyclic) bond motifs is 2. The van der Waals surface area contributed by atoms with Crippen LogP contribution < -0.4 is 4.74 Å². The van der Waals surface area contributed by atoms with Gasteiger partial charge in [-0.25, -0.2) is 13.4 Å². The lowest BCUT2D eigenvalue weighted by Crippen LogP contribution is -1.99. The van der Waals surface area contributed by atoms with Crippen LogP contribution in [0.5, 0.6) is 5.75 Å². The van der Waals surface area contributed by atoms with Crippen LogP contribution in [0.25, 0.3) is 22.1 Å². The number of nitrogens with one attached hydrogen (secondary N) is 2. The number of nitrogens with zero attached hydrogens (tertiary/aromatic N) is 2. The van der Waals surface area contributed by atoms with Gasteiger partial charge in [-0.3, -0.25) is 0 Å². The Bertz CT molecular complexity index is 1170. The van der Waals surface area contributed by atoms with Crippen molar-refractivity contribution in [2.45, 2.75) is 11.6 Å². The summed E-state index contributed by atoms with van der Waals surface area (Å²) in [5.74, 6) is 0.818. The highest BCUT2D eigenvalue weighted by Gasteiger charge is 2.16. The van der Waals surface area contributed by atoms with Gasteiger partial charge < -0.3 is 19.3 Å². The topological polar surface area (TPSA) is 92.8 Å². The predicted molar refractivity (Wildman–Crippen MR) is 95.8 cm³/mol. The first-order chi connectivity index (χ1) is 11.8. The lowest BCUT2D eigenvalue weighted by molar-refractivity contribution is 0.415. The van der Waals surface area contributed by atoms with E-state index in [1.54, 1.807) is 7.11 Å². The molecule has 1 aromatic carbocycles. The highest BCUT2D eigenvalue weighted by Crippen LogP contribution is 2.27. The minimum atomic E-state index is -3.34. The van der Waals surface area contributed by atoms with Crippen molar-refractivity contribution in [1.82, 2.24) is 19.5 Å². The molecule has 3 aromatic heterocycles. The molecule has 4 rings (SSSR count). The predicted octanol–water partition coefficient (Wildman–Crippen LogP) is 2.39. The van der Waals surface area contributed by atoms with E-state index >= 15 is 0 Å². The largest absolute Gasteiger partial charge is 0.497 e. The van der Waals surface area contributed by atoms with Crippen LogP contribution in [0.4, 0.5) is 0 Å². The van der Waals surface area contributed by atoms with Gasteiger partial charge >= 0.3 is 0 Å². The van der Waals surface area contributed by atoms with Crippen molar-refractivity contribution < 1.29 is 13.2 Å². The summed E-state index contributed by atoms with van der Waals surface area (Å²) in [4.78, 5) is 10.2. The Kier molecular flexibility index (Phi) is 3.40. The smallest absolute Gasteiger partial charge is 0.227 e. The molecular weight excluding hydrogens is 340 g/mol. The number of aromatic nitrogens is 4. The summed E-state index contributed by atoms with van der Waals surface area (Å²) in [6, 6.07) is 7.91. The molecule has 0 amide bonds. The quantitative estimate of drug-likeness (QED) is 0.586. The van der Waals surface area contributed by atoms with E-state index in [9.17, 15) is 8.42 Å². The van der Waals surface area contributed by atoms with Gasteiger partial charge in [0, 0.05) is 42.5 Å². The second-order valence-corrected chi connectivity index (χ2v) is 8.13. The summed E-state index contributed by atoms with van der Waals surface area (Å²) < 4.78 is 30.5. The average molecular weight is 358 g/mol. The van der Waals surface area contributed by atoms with Crippen molar-refractivity contribution in [3.8, 4) is 5.75 Å². The van der Waals surface area contributed by atoms with E-state index < -0.39 is 9.84 Å². The number of H-pyrrole nitrogens is 2. The zero-order chi connectivity index (χ0) is 17.8. The van der Waals surface area contributed by atoms with Crippen LogP contribution in [0.3, 0.4) is 0 Å². The lowest BCUT2D eigenvalue weighted by atomic mass is 10.1. The minimum Gasteiger partial charge on any atom is -0.497 e. The maximum atomic E-state index is 11.6. The van der Waals surface area contributed by atoms with Crippen LogP contribution in [0.15, 0.2) is 35.6 Å². The fourth-order valence-electron chi connectivity index (χ4n) is 3.12. The van der Waals surface area contributed by atoms with Crippen LogP contribution in [-0.2, 0) is 23.3 Å². The number of aromatic amines is 2. The number of aryl methyl sites for hydroxylation is 1. The molecule has 2 N–H and O–H groups in total. The Balaban J connectivity index is 1.73. The zero-order valence-corrected chi connectivity index (χ0v) is 14.9. The van der Waals surface area contributed by atoms with E-state index in [4.69, 9.17) is 4.74 Å². The van der Waals surface area contributed by atoms with Crippen LogP contribution in [-0.4, -0.2) is 41.3 Å². The third-order valence-electron chi connectivity index (χ3n) is 4.32. The Labute approximate surface area is 144 Å². The first-order valence-corrected chi connectivity index (χ1v) is 9.64. The third kappa shape index (κ3) is 2.68. The summed E-state index contributed by atoms with van der Waals surface area (Å²) in [5, 5.41) is 1.11. The summed E-state index contributed by atoms with van der Waals surface area (Å²) in [6.07, 6.45) is 3.91. The molecule has 7 nitrogen and oxygen atoms in total. The number of rotatable bonds is 4. The van der Waals surface area contributed by atoms with Crippen molar-refractivity contribution >= 4 is 31.9 Å². The molecule has 0 unspecified atom stereocenters. The van der Waals surface area contributed by atoms with Gasteiger partial charge in [-0.15, -0.1) is 0 Å². The second kappa shape index (κ2) is 5.38. The van der Waals surface area contributed by atoms with E-state index in [-0.39, 0.29) is 5.16 Å². The number of sulfone groups is 1. The molecule has 0 bridgehead atoms. The summed E-state index contributed by atoms with van der Waals surface area (Å²) in [5.41, 5.74) is 4.49.